The number of benzene rings is 3. The number of nitrogens with zero attached hydrogens (tertiary/aromatic N) is 1. The van der Waals surface area contributed by atoms with Gasteiger partial charge in [-0.25, -0.2) is 0 Å². The van der Waals surface area contributed by atoms with Crippen LogP contribution in [0.5, 0.6) is 5.75 Å². The van der Waals surface area contributed by atoms with Gasteiger partial charge in [0.25, 0.3) is 0 Å². The van der Waals surface area contributed by atoms with Gasteiger partial charge in [-0.1, -0.05) is 62.2 Å². The predicted molar refractivity (Wildman–Crippen MR) is 128 cm³/mol. The smallest absolute Gasteiger partial charge is 0.122 e. The number of para-hydroxylation sites is 2. The zero-order chi connectivity index (χ0) is 20.8. The number of hydrogen-bond acceptors (Lipinski definition) is 4. The fraction of sp³-hybridized carbons (Fsp3) is 0.308. The van der Waals surface area contributed by atoms with Gasteiger partial charge in [0.15, 0.2) is 0 Å². The van der Waals surface area contributed by atoms with Crippen LogP contribution in [0.4, 0.5) is 11.4 Å². The SMILES string of the molecule is CCCCC1CN(c2ccccc2)c2cc(COc3ccccc3C)ccc2SN1. The van der Waals surface area contributed by atoms with Gasteiger partial charge in [-0.3, -0.25) is 4.72 Å². The van der Waals surface area contributed by atoms with Crippen LogP contribution in [-0.4, -0.2) is 12.6 Å². The molecule has 0 saturated heterocycles. The van der Waals surface area contributed by atoms with E-state index in [0.717, 1.165) is 17.9 Å². The summed E-state index contributed by atoms with van der Waals surface area (Å²) in [6, 6.07) is 26.1. The van der Waals surface area contributed by atoms with E-state index >= 15 is 0 Å². The Kier molecular flexibility index (Phi) is 6.98. The van der Waals surface area contributed by atoms with Crippen LogP contribution in [0.3, 0.4) is 0 Å². The Morgan fingerprint density at radius 3 is 2.63 bits per heavy atom. The second-order valence-corrected chi connectivity index (χ2v) is 8.74. The van der Waals surface area contributed by atoms with E-state index in [4.69, 9.17) is 4.74 Å². The minimum Gasteiger partial charge on any atom is -0.489 e. The third-order valence-electron chi connectivity index (χ3n) is 5.51. The van der Waals surface area contributed by atoms with Gasteiger partial charge in [-0.15, -0.1) is 0 Å². The molecule has 3 aromatic carbocycles. The Morgan fingerprint density at radius 1 is 1.03 bits per heavy atom. The average molecular weight is 419 g/mol. The first-order valence-electron chi connectivity index (χ1n) is 10.8. The van der Waals surface area contributed by atoms with Crippen LogP contribution in [0.15, 0.2) is 77.7 Å². The molecule has 4 rings (SSSR count). The molecule has 3 nitrogen and oxygen atoms in total. The van der Waals surface area contributed by atoms with E-state index in [1.165, 1.54) is 41.1 Å². The number of hydrogen-bond donors (Lipinski definition) is 1. The molecule has 0 saturated carbocycles. The minimum absolute atomic E-state index is 0.453. The third kappa shape index (κ3) is 5.00. The Balaban J connectivity index is 1.61. The number of ether oxygens (including phenoxy) is 1. The van der Waals surface area contributed by atoms with E-state index in [9.17, 15) is 0 Å². The van der Waals surface area contributed by atoms with Crippen LogP contribution in [0.25, 0.3) is 0 Å². The third-order valence-corrected chi connectivity index (χ3v) is 6.53. The summed E-state index contributed by atoms with van der Waals surface area (Å²) in [7, 11) is 0. The molecule has 156 valence electrons. The molecule has 30 heavy (non-hydrogen) atoms. The summed E-state index contributed by atoms with van der Waals surface area (Å²) in [6.45, 7) is 5.88. The Labute approximate surface area is 184 Å². The number of anilines is 2. The summed E-state index contributed by atoms with van der Waals surface area (Å²) in [4.78, 5) is 3.72. The molecule has 0 bridgehead atoms. The molecule has 0 spiro atoms. The fourth-order valence-corrected chi connectivity index (χ4v) is 4.68. The molecule has 1 aliphatic rings. The molecule has 1 unspecified atom stereocenters. The van der Waals surface area contributed by atoms with Gasteiger partial charge >= 0.3 is 0 Å². The predicted octanol–water partition coefficient (Wildman–Crippen LogP) is 6.88. The largest absolute Gasteiger partial charge is 0.489 e. The van der Waals surface area contributed by atoms with Crippen LogP contribution in [0.1, 0.15) is 37.3 Å². The molecule has 0 amide bonds. The van der Waals surface area contributed by atoms with Gasteiger partial charge < -0.3 is 9.64 Å². The lowest BCUT2D eigenvalue weighted by molar-refractivity contribution is 0.304. The first-order chi connectivity index (χ1) is 14.7. The maximum Gasteiger partial charge on any atom is 0.122 e. The summed E-state index contributed by atoms with van der Waals surface area (Å²) >= 11 is 1.76. The highest BCUT2D eigenvalue weighted by atomic mass is 32.2. The molecular weight excluding hydrogens is 388 g/mol. The molecule has 4 heteroatoms. The van der Waals surface area contributed by atoms with Crippen molar-refractivity contribution in [2.75, 3.05) is 11.4 Å². The van der Waals surface area contributed by atoms with Gasteiger partial charge in [0.05, 0.1) is 5.69 Å². The van der Waals surface area contributed by atoms with Crippen molar-refractivity contribution in [2.24, 2.45) is 0 Å². The zero-order valence-electron chi connectivity index (χ0n) is 17.8. The van der Waals surface area contributed by atoms with Crippen LogP contribution in [0.2, 0.25) is 0 Å². The van der Waals surface area contributed by atoms with E-state index in [-0.39, 0.29) is 0 Å². The first kappa shape index (κ1) is 20.8. The van der Waals surface area contributed by atoms with Crippen molar-refractivity contribution in [3.63, 3.8) is 0 Å². The summed E-state index contributed by atoms with van der Waals surface area (Å²) < 4.78 is 9.82. The minimum atomic E-state index is 0.453. The molecule has 1 atom stereocenters. The Hall–Kier alpha value is -2.43. The second kappa shape index (κ2) is 10.1. The molecule has 0 fully saturated rings. The molecule has 0 aromatic heterocycles. The number of unbranched alkanes of at least 4 members (excludes halogenated alkanes) is 1. The van der Waals surface area contributed by atoms with E-state index in [1.54, 1.807) is 11.9 Å². The standard InChI is InChI=1S/C26H30N2OS/c1-3-4-11-22-18-28(23-12-6-5-7-13-23)24-17-21(15-16-26(24)30-27-22)19-29-25-14-9-8-10-20(25)2/h5-10,12-17,22,27H,3-4,11,18-19H2,1-2H3. The molecule has 1 heterocycles. The highest BCUT2D eigenvalue weighted by Gasteiger charge is 2.23. The van der Waals surface area contributed by atoms with Crippen LogP contribution in [-0.2, 0) is 6.61 Å². The van der Waals surface area contributed by atoms with Crippen molar-refractivity contribution in [3.8, 4) is 5.75 Å². The van der Waals surface area contributed by atoms with Gasteiger partial charge in [0.2, 0.25) is 0 Å². The lowest BCUT2D eigenvalue weighted by atomic mass is 10.1. The van der Waals surface area contributed by atoms with Crippen molar-refractivity contribution in [2.45, 2.75) is 50.7 Å². The average Bonchev–Trinajstić information content (AvgIpc) is 2.97. The van der Waals surface area contributed by atoms with Crippen molar-refractivity contribution < 1.29 is 4.74 Å². The number of fused-ring (bicyclic) bond motifs is 1. The van der Waals surface area contributed by atoms with Crippen LogP contribution in [0, 0.1) is 6.92 Å². The van der Waals surface area contributed by atoms with Gasteiger partial charge in [-0.2, -0.15) is 0 Å². The van der Waals surface area contributed by atoms with E-state index in [2.05, 4.69) is 78.1 Å². The number of aryl methyl sites for hydroxylation is 1. The Morgan fingerprint density at radius 2 is 1.83 bits per heavy atom. The molecule has 0 aliphatic carbocycles. The van der Waals surface area contributed by atoms with Gasteiger partial charge in [-0.05, 0) is 66.8 Å². The maximum atomic E-state index is 6.12. The lowest BCUT2D eigenvalue weighted by Crippen LogP contribution is -2.34. The second-order valence-electron chi connectivity index (χ2n) is 7.86. The van der Waals surface area contributed by atoms with Crippen molar-refractivity contribution >= 4 is 23.3 Å². The summed E-state index contributed by atoms with van der Waals surface area (Å²) in [5, 5.41) is 0. The highest BCUT2D eigenvalue weighted by molar-refractivity contribution is 7.97. The van der Waals surface area contributed by atoms with Gasteiger partial charge in [0, 0.05) is 23.2 Å². The van der Waals surface area contributed by atoms with Crippen molar-refractivity contribution in [3.05, 3.63) is 83.9 Å². The molecular formula is C26H30N2OS. The van der Waals surface area contributed by atoms with Crippen molar-refractivity contribution in [1.29, 1.82) is 0 Å². The van der Waals surface area contributed by atoms with E-state index in [1.807, 2.05) is 18.2 Å². The quantitative estimate of drug-likeness (QED) is 0.423. The zero-order valence-corrected chi connectivity index (χ0v) is 18.6. The maximum absolute atomic E-state index is 6.12. The number of nitrogens with one attached hydrogen (secondary N) is 1. The Bertz CT molecular complexity index is 960. The van der Waals surface area contributed by atoms with Gasteiger partial charge in [0.1, 0.15) is 12.4 Å². The summed E-state index contributed by atoms with van der Waals surface area (Å²) in [6.07, 6.45) is 3.65. The number of rotatable bonds is 7. The van der Waals surface area contributed by atoms with Crippen molar-refractivity contribution in [1.82, 2.24) is 4.72 Å². The van der Waals surface area contributed by atoms with E-state index < -0.39 is 0 Å². The van der Waals surface area contributed by atoms with Crippen LogP contribution < -0.4 is 14.4 Å². The summed E-state index contributed by atoms with van der Waals surface area (Å²) in [5.41, 5.74) is 4.84. The molecule has 1 N–H and O–H groups in total. The van der Waals surface area contributed by atoms with Crippen LogP contribution >= 0.6 is 11.9 Å². The molecule has 1 aliphatic heterocycles. The lowest BCUT2D eigenvalue weighted by Gasteiger charge is -2.28. The monoisotopic (exact) mass is 418 g/mol. The first-order valence-corrected chi connectivity index (χ1v) is 11.6. The highest BCUT2D eigenvalue weighted by Crippen LogP contribution is 2.38. The van der Waals surface area contributed by atoms with E-state index in [0.29, 0.717) is 12.6 Å². The summed E-state index contributed by atoms with van der Waals surface area (Å²) in [5.74, 6) is 0.947. The normalized spacial score (nSPS) is 16.1. The topological polar surface area (TPSA) is 24.5 Å². The molecule has 3 aromatic rings. The molecule has 0 radical (unpaired) electrons. The fourth-order valence-electron chi connectivity index (χ4n) is 3.79.